The van der Waals surface area contributed by atoms with Crippen molar-refractivity contribution in [3.8, 4) is 5.75 Å². The van der Waals surface area contributed by atoms with Crippen molar-refractivity contribution in [1.29, 1.82) is 0 Å². The Morgan fingerprint density at radius 1 is 0.923 bits per heavy atom. The standard InChI is InChI=1S/C22H20BrNO2/c1-16(24-15-17-14-20(23)12-13-21(17)25)22(26,18-8-4-2-5-9-18)19-10-6-3-7-11-19/h2-16,25-26H,1H3. The van der Waals surface area contributed by atoms with Gasteiger partial charge in [0, 0.05) is 16.3 Å². The summed E-state index contributed by atoms with van der Waals surface area (Å²) in [6.45, 7) is 1.87. The van der Waals surface area contributed by atoms with Gasteiger partial charge < -0.3 is 10.2 Å². The number of aromatic hydroxyl groups is 1. The van der Waals surface area contributed by atoms with E-state index in [-0.39, 0.29) is 5.75 Å². The van der Waals surface area contributed by atoms with E-state index >= 15 is 0 Å². The van der Waals surface area contributed by atoms with Crippen molar-refractivity contribution in [3.63, 3.8) is 0 Å². The fourth-order valence-corrected chi connectivity index (χ4v) is 3.34. The number of aliphatic hydroxyl groups is 1. The number of aliphatic imine (C=N–C) groups is 1. The Morgan fingerprint density at radius 2 is 1.46 bits per heavy atom. The Hall–Kier alpha value is -2.43. The molecule has 0 amide bonds. The summed E-state index contributed by atoms with van der Waals surface area (Å²) < 4.78 is 0.853. The first-order chi connectivity index (χ1) is 12.5. The van der Waals surface area contributed by atoms with Crippen LogP contribution >= 0.6 is 15.9 Å². The molecule has 132 valence electrons. The predicted octanol–water partition coefficient (Wildman–Crippen LogP) is 4.90. The molecule has 0 radical (unpaired) electrons. The summed E-state index contributed by atoms with van der Waals surface area (Å²) in [4.78, 5) is 4.57. The maximum Gasteiger partial charge on any atom is 0.137 e. The zero-order valence-electron chi connectivity index (χ0n) is 14.4. The van der Waals surface area contributed by atoms with Gasteiger partial charge in [-0.3, -0.25) is 4.99 Å². The first kappa shape index (κ1) is 18.4. The van der Waals surface area contributed by atoms with Gasteiger partial charge in [0.05, 0.1) is 6.04 Å². The van der Waals surface area contributed by atoms with Gasteiger partial charge in [0.2, 0.25) is 0 Å². The van der Waals surface area contributed by atoms with Gasteiger partial charge in [-0.1, -0.05) is 76.6 Å². The van der Waals surface area contributed by atoms with E-state index in [9.17, 15) is 10.2 Å². The third-order valence-corrected chi connectivity index (χ3v) is 4.95. The second-order valence-electron chi connectivity index (χ2n) is 6.16. The van der Waals surface area contributed by atoms with Crippen molar-refractivity contribution in [2.45, 2.75) is 18.6 Å². The van der Waals surface area contributed by atoms with Crippen molar-refractivity contribution >= 4 is 22.1 Å². The lowest BCUT2D eigenvalue weighted by atomic mass is 9.81. The molecule has 0 heterocycles. The molecule has 0 saturated heterocycles. The van der Waals surface area contributed by atoms with E-state index in [4.69, 9.17) is 0 Å². The Labute approximate surface area is 161 Å². The van der Waals surface area contributed by atoms with E-state index in [2.05, 4.69) is 20.9 Å². The first-order valence-corrected chi connectivity index (χ1v) is 9.16. The minimum Gasteiger partial charge on any atom is -0.507 e. The number of phenolic OH excluding ortho intramolecular Hbond substituents is 1. The summed E-state index contributed by atoms with van der Waals surface area (Å²) in [6, 6.07) is 23.7. The van der Waals surface area contributed by atoms with E-state index in [1.807, 2.05) is 67.6 Å². The molecule has 1 unspecified atom stereocenters. The summed E-state index contributed by atoms with van der Waals surface area (Å²) in [5.41, 5.74) is 0.860. The molecule has 1 atom stereocenters. The zero-order chi connectivity index (χ0) is 18.6. The van der Waals surface area contributed by atoms with Crippen LogP contribution in [0.5, 0.6) is 5.75 Å². The molecule has 0 bridgehead atoms. The SMILES string of the molecule is CC(N=Cc1cc(Br)ccc1O)C(O)(c1ccccc1)c1ccccc1. The highest BCUT2D eigenvalue weighted by Crippen LogP contribution is 2.34. The highest BCUT2D eigenvalue weighted by atomic mass is 79.9. The number of rotatable bonds is 5. The highest BCUT2D eigenvalue weighted by molar-refractivity contribution is 9.10. The fourth-order valence-electron chi connectivity index (χ4n) is 2.96. The second-order valence-corrected chi connectivity index (χ2v) is 7.07. The molecule has 4 heteroatoms. The van der Waals surface area contributed by atoms with Crippen LogP contribution in [0.4, 0.5) is 0 Å². The van der Waals surface area contributed by atoms with Crippen LogP contribution in [0.15, 0.2) is 88.3 Å². The summed E-state index contributed by atoms with van der Waals surface area (Å²) in [5, 5.41) is 21.6. The van der Waals surface area contributed by atoms with E-state index in [0.717, 1.165) is 15.6 Å². The summed E-state index contributed by atoms with van der Waals surface area (Å²) in [5.74, 6) is 0.145. The molecule has 3 aromatic rings. The number of hydrogen-bond acceptors (Lipinski definition) is 3. The average molecular weight is 410 g/mol. The normalized spacial score (nSPS) is 13.0. The Bertz CT molecular complexity index is 855. The summed E-state index contributed by atoms with van der Waals surface area (Å²) >= 11 is 3.39. The van der Waals surface area contributed by atoms with Gasteiger partial charge >= 0.3 is 0 Å². The largest absolute Gasteiger partial charge is 0.507 e. The van der Waals surface area contributed by atoms with Crippen LogP contribution in [-0.2, 0) is 5.60 Å². The monoisotopic (exact) mass is 409 g/mol. The van der Waals surface area contributed by atoms with Crippen molar-refractivity contribution < 1.29 is 10.2 Å². The third kappa shape index (κ3) is 3.71. The van der Waals surface area contributed by atoms with Crippen LogP contribution in [-0.4, -0.2) is 22.5 Å². The molecule has 0 aliphatic carbocycles. The minimum atomic E-state index is -1.28. The molecule has 0 fully saturated rings. The van der Waals surface area contributed by atoms with Gasteiger partial charge in [-0.25, -0.2) is 0 Å². The molecule has 0 aliphatic rings. The van der Waals surface area contributed by atoms with Gasteiger partial charge in [-0.15, -0.1) is 0 Å². The molecule has 26 heavy (non-hydrogen) atoms. The Kier molecular flexibility index (Phi) is 5.55. The van der Waals surface area contributed by atoms with E-state index < -0.39 is 11.6 Å². The van der Waals surface area contributed by atoms with E-state index in [1.165, 1.54) is 0 Å². The average Bonchev–Trinajstić information content (AvgIpc) is 2.69. The lowest BCUT2D eigenvalue weighted by Gasteiger charge is -2.33. The van der Waals surface area contributed by atoms with Crippen LogP contribution in [0.2, 0.25) is 0 Å². The second kappa shape index (κ2) is 7.85. The minimum absolute atomic E-state index is 0.145. The van der Waals surface area contributed by atoms with Crippen molar-refractivity contribution in [3.05, 3.63) is 100 Å². The molecule has 0 spiro atoms. The molecule has 0 aromatic heterocycles. The fraction of sp³-hybridized carbons (Fsp3) is 0.136. The number of hydrogen-bond donors (Lipinski definition) is 2. The van der Waals surface area contributed by atoms with E-state index in [0.29, 0.717) is 5.56 Å². The van der Waals surface area contributed by atoms with Crippen molar-refractivity contribution in [2.75, 3.05) is 0 Å². The lowest BCUT2D eigenvalue weighted by Crippen LogP contribution is -2.38. The number of halogens is 1. The summed E-state index contributed by atoms with van der Waals surface area (Å²) in [7, 11) is 0. The molecule has 0 aliphatic heterocycles. The molecule has 3 aromatic carbocycles. The van der Waals surface area contributed by atoms with Crippen LogP contribution in [0.3, 0.4) is 0 Å². The molecule has 2 N–H and O–H groups in total. The molecular formula is C22H20BrNO2. The van der Waals surface area contributed by atoms with Gasteiger partial charge in [-0.2, -0.15) is 0 Å². The Morgan fingerprint density at radius 3 is 2.00 bits per heavy atom. The van der Waals surface area contributed by atoms with Crippen LogP contribution in [0, 0.1) is 0 Å². The topological polar surface area (TPSA) is 52.8 Å². The number of phenols is 1. The molecule has 0 saturated carbocycles. The molecule has 3 nitrogen and oxygen atoms in total. The van der Waals surface area contributed by atoms with Crippen molar-refractivity contribution in [2.24, 2.45) is 4.99 Å². The van der Waals surface area contributed by atoms with Gasteiger partial charge in [0.25, 0.3) is 0 Å². The molecular weight excluding hydrogens is 390 g/mol. The van der Waals surface area contributed by atoms with Crippen LogP contribution in [0.1, 0.15) is 23.6 Å². The quantitative estimate of drug-likeness (QED) is 0.588. The smallest absolute Gasteiger partial charge is 0.137 e. The van der Waals surface area contributed by atoms with Crippen LogP contribution < -0.4 is 0 Å². The summed E-state index contributed by atoms with van der Waals surface area (Å²) in [6.07, 6.45) is 1.60. The predicted molar refractivity (Wildman–Crippen MR) is 109 cm³/mol. The van der Waals surface area contributed by atoms with Gasteiger partial charge in [0.15, 0.2) is 0 Å². The lowest BCUT2D eigenvalue weighted by molar-refractivity contribution is 0.0589. The van der Waals surface area contributed by atoms with Crippen molar-refractivity contribution in [1.82, 2.24) is 0 Å². The maximum atomic E-state index is 11.6. The zero-order valence-corrected chi connectivity index (χ0v) is 16.0. The van der Waals surface area contributed by atoms with E-state index in [1.54, 1.807) is 24.4 Å². The molecule has 3 rings (SSSR count). The number of nitrogens with zero attached hydrogens (tertiary/aromatic N) is 1. The maximum absolute atomic E-state index is 11.6. The highest BCUT2D eigenvalue weighted by Gasteiger charge is 2.37. The third-order valence-electron chi connectivity index (χ3n) is 4.46. The first-order valence-electron chi connectivity index (χ1n) is 8.37. The number of benzene rings is 3. The van der Waals surface area contributed by atoms with Gasteiger partial charge in [-0.05, 0) is 36.2 Å². The Balaban J connectivity index is 2.02. The van der Waals surface area contributed by atoms with Gasteiger partial charge in [0.1, 0.15) is 11.4 Å². The van der Waals surface area contributed by atoms with Crippen LogP contribution in [0.25, 0.3) is 0 Å².